The molecule has 0 saturated carbocycles. The van der Waals surface area contributed by atoms with Gasteiger partial charge in [-0.1, -0.05) is 17.7 Å². The molecule has 1 aliphatic carbocycles. The van der Waals surface area contributed by atoms with Gasteiger partial charge in [-0.2, -0.15) is 13.2 Å². The maximum atomic E-state index is 13.2. The number of ether oxygens (including phenoxy) is 1. The number of hydrogen-bond acceptors (Lipinski definition) is 6. The Morgan fingerprint density at radius 3 is 2.42 bits per heavy atom. The van der Waals surface area contributed by atoms with Crippen molar-refractivity contribution in [2.24, 2.45) is 5.41 Å². The van der Waals surface area contributed by atoms with Crippen LogP contribution in [0.5, 0.6) is 5.75 Å². The highest BCUT2D eigenvalue weighted by Crippen LogP contribution is 2.37. The van der Waals surface area contributed by atoms with Gasteiger partial charge in [0.15, 0.2) is 5.13 Å². The number of nitrogens with zero attached hydrogens (tertiary/aromatic N) is 1. The quantitative estimate of drug-likeness (QED) is 0.215. The van der Waals surface area contributed by atoms with Crippen LogP contribution in [0.3, 0.4) is 0 Å². The number of anilines is 2. The van der Waals surface area contributed by atoms with Crippen LogP contribution in [0.2, 0.25) is 5.02 Å². The van der Waals surface area contributed by atoms with Crippen LogP contribution < -0.4 is 20.7 Å². The normalized spacial score (nSPS) is 13.0. The molecule has 1 aliphatic rings. The van der Waals surface area contributed by atoms with Crippen molar-refractivity contribution >= 4 is 51.5 Å². The SMILES string of the molecule is CC(C)(C(=O)NCc1ccc(Cl)c(C(=O)Nc2ccc(OCC(F)F)c(C(=O)Nc3nc4c(s3)CCC4)c2)c1)C(F)(F)F. The summed E-state index contributed by atoms with van der Waals surface area (Å²) < 4.78 is 70.3. The second kappa shape index (κ2) is 12.8. The minimum Gasteiger partial charge on any atom is -0.487 e. The van der Waals surface area contributed by atoms with Gasteiger partial charge in [-0.25, -0.2) is 13.8 Å². The predicted octanol–water partition coefficient (Wildman–Crippen LogP) is 6.64. The molecule has 0 atom stereocenters. The van der Waals surface area contributed by atoms with Gasteiger partial charge in [0.25, 0.3) is 18.2 Å². The van der Waals surface area contributed by atoms with E-state index < -0.39 is 42.3 Å². The zero-order valence-corrected chi connectivity index (χ0v) is 24.4. The van der Waals surface area contributed by atoms with Crippen molar-refractivity contribution in [3.8, 4) is 5.75 Å². The van der Waals surface area contributed by atoms with Crippen molar-refractivity contribution in [3.05, 3.63) is 68.7 Å². The van der Waals surface area contributed by atoms with Crippen LogP contribution in [0.1, 0.15) is 57.1 Å². The molecule has 0 unspecified atom stereocenters. The smallest absolute Gasteiger partial charge is 0.402 e. The Balaban J connectivity index is 1.51. The fraction of sp³-hybridized carbons (Fsp3) is 0.357. The molecule has 0 fully saturated rings. The lowest BCUT2D eigenvalue weighted by Crippen LogP contribution is -2.46. The van der Waals surface area contributed by atoms with Crippen molar-refractivity contribution in [1.82, 2.24) is 10.3 Å². The number of carbonyl (C=O) groups excluding carboxylic acids is 3. The molecule has 1 heterocycles. The first-order chi connectivity index (χ1) is 20.2. The second-order valence-corrected chi connectivity index (χ2v) is 11.7. The van der Waals surface area contributed by atoms with E-state index in [1.54, 1.807) is 0 Å². The van der Waals surface area contributed by atoms with E-state index in [2.05, 4.69) is 20.9 Å². The lowest BCUT2D eigenvalue weighted by Gasteiger charge is -2.26. The standard InChI is InChI=1S/C28H26ClF5N4O4S/c1-27(2,28(32,33)34)25(41)35-12-14-6-8-18(29)16(10-14)23(39)36-15-7-9-20(42-13-22(30)31)17(11-15)24(40)38-26-37-19-4-3-5-21(19)43-26/h6-11,22H,3-5,12-13H2,1-2H3,(H,35,41)(H,36,39)(H,37,38,40). The molecule has 3 amide bonds. The van der Waals surface area contributed by atoms with Gasteiger partial charge in [0.2, 0.25) is 5.91 Å². The van der Waals surface area contributed by atoms with Gasteiger partial charge < -0.3 is 15.4 Å². The van der Waals surface area contributed by atoms with E-state index in [-0.39, 0.29) is 34.1 Å². The highest BCUT2D eigenvalue weighted by Gasteiger charge is 2.52. The molecule has 0 bridgehead atoms. The number of benzene rings is 2. The van der Waals surface area contributed by atoms with Crippen molar-refractivity contribution in [3.63, 3.8) is 0 Å². The summed E-state index contributed by atoms with van der Waals surface area (Å²) in [6.07, 6.45) is -4.93. The Hall–Kier alpha value is -3.78. The number of halogens is 6. The Bertz CT molecular complexity index is 1520. The van der Waals surface area contributed by atoms with Gasteiger partial charge in [0.05, 0.1) is 21.8 Å². The summed E-state index contributed by atoms with van der Waals surface area (Å²) in [6.45, 7) is 0.238. The molecule has 1 aromatic heterocycles. The highest BCUT2D eigenvalue weighted by atomic mass is 35.5. The van der Waals surface area contributed by atoms with Gasteiger partial charge in [-0.15, -0.1) is 11.3 Å². The van der Waals surface area contributed by atoms with Crippen molar-refractivity contribution in [2.75, 3.05) is 17.2 Å². The van der Waals surface area contributed by atoms with Crippen LogP contribution in [0.25, 0.3) is 0 Å². The van der Waals surface area contributed by atoms with E-state index in [4.69, 9.17) is 16.3 Å². The van der Waals surface area contributed by atoms with E-state index in [9.17, 15) is 36.3 Å². The third-order valence-electron chi connectivity index (χ3n) is 6.67. The van der Waals surface area contributed by atoms with E-state index in [1.165, 1.54) is 47.7 Å². The number of rotatable bonds is 10. The molecule has 0 radical (unpaired) electrons. The van der Waals surface area contributed by atoms with Crippen molar-refractivity contribution in [2.45, 2.75) is 52.3 Å². The topological polar surface area (TPSA) is 109 Å². The molecule has 0 aliphatic heterocycles. The van der Waals surface area contributed by atoms with Gasteiger partial charge in [-0.05, 0) is 69.0 Å². The minimum absolute atomic E-state index is 0.00914. The average molecular weight is 645 g/mol. The first-order valence-corrected chi connectivity index (χ1v) is 14.1. The Morgan fingerprint density at radius 2 is 1.74 bits per heavy atom. The molecule has 2 aromatic carbocycles. The van der Waals surface area contributed by atoms with Crippen LogP contribution in [-0.2, 0) is 24.2 Å². The maximum Gasteiger partial charge on any atom is 0.402 e. The number of aryl methyl sites for hydroxylation is 2. The van der Waals surface area contributed by atoms with E-state index in [0.717, 1.165) is 43.7 Å². The van der Waals surface area contributed by atoms with Crippen LogP contribution in [0.4, 0.5) is 32.8 Å². The third-order valence-corrected chi connectivity index (χ3v) is 8.07. The number of alkyl halides is 5. The summed E-state index contributed by atoms with van der Waals surface area (Å²) in [5.74, 6) is -2.82. The average Bonchev–Trinajstić information content (AvgIpc) is 3.52. The summed E-state index contributed by atoms with van der Waals surface area (Å²) >= 11 is 7.52. The summed E-state index contributed by atoms with van der Waals surface area (Å²) in [5.41, 5.74) is -1.53. The highest BCUT2D eigenvalue weighted by molar-refractivity contribution is 7.16. The number of hydrogen-bond donors (Lipinski definition) is 3. The third kappa shape index (κ3) is 7.60. The lowest BCUT2D eigenvalue weighted by atomic mass is 9.91. The Morgan fingerprint density at radius 1 is 1.02 bits per heavy atom. The van der Waals surface area contributed by atoms with E-state index in [0.29, 0.717) is 10.7 Å². The minimum atomic E-state index is -4.77. The molecule has 8 nitrogen and oxygen atoms in total. The van der Waals surface area contributed by atoms with Gasteiger partial charge in [0.1, 0.15) is 17.8 Å². The number of nitrogens with one attached hydrogen (secondary N) is 3. The fourth-order valence-corrected chi connectivity index (χ4v) is 5.31. The Labute approximate surface area is 252 Å². The summed E-state index contributed by atoms with van der Waals surface area (Å²) in [7, 11) is 0. The van der Waals surface area contributed by atoms with Gasteiger partial charge in [0, 0.05) is 17.1 Å². The van der Waals surface area contributed by atoms with Crippen molar-refractivity contribution < 1.29 is 41.1 Å². The number of thiazole rings is 1. The molecule has 3 N–H and O–H groups in total. The monoisotopic (exact) mass is 644 g/mol. The largest absolute Gasteiger partial charge is 0.487 e. The first-order valence-electron chi connectivity index (χ1n) is 13.0. The predicted molar refractivity (Wildman–Crippen MR) is 151 cm³/mol. The number of carbonyl (C=O) groups is 3. The molecule has 3 aromatic rings. The number of fused-ring (bicyclic) bond motifs is 1. The second-order valence-electron chi connectivity index (χ2n) is 10.2. The first kappa shape index (κ1) is 32.1. The van der Waals surface area contributed by atoms with E-state index in [1.807, 2.05) is 0 Å². The molecule has 230 valence electrons. The van der Waals surface area contributed by atoms with Crippen molar-refractivity contribution in [1.29, 1.82) is 0 Å². The molecule has 0 saturated heterocycles. The zero-order valence-electron chi connectivity index (χ0n) is 22.8. The molecule has 0 spiro atoms. The van der Waals surface area contributed by atoms with Crippen LogP contribution >= 0.6 is 22.9 Å². The summed E-state index contributed by atoms with van der Waals surface area (Å²) in [5, 5.41) is 7.78. The van der Waals surface area contributed by atoms with E-state index >= 15 is 0 Å². The van der Waals surface area contributed by atoms with Gasteiger partial charge in [-0.3, -0.25) is 19.7 Å². The lowest BCUT2D eigenvalue weighted by molar-refractivity contribution is -0.211. The number of aromatic nitrogens is 1. The zero-order chi connectivity index (χ0) is 31.5. The Kier molecular flexibility index (Phi) is 9.60. The van der Waals surface area contributed by atoms with Gasteiger partial charge >= 0.3 is 6.18 Å². The summed E-state index contributed by atoms with van der Waals surface area (Å²) in [6, 6.07) is 7.92. The fourth-order valence-electron chi connectivity index (χ4n) is 4.06. The molecule has 43 heavy (non-hydrogen) atoms. The van der Waals surface area contributed by atoms with Crippen LogP contribution in [-0.4, -0.2) is 41.9 Å². The molecule has 15 heteroatoms. The molecular weight excluding hydrogens is 619 g/mol. The number of amides is 3. The molecule has 4 rings (SSSR count). The maximum absolute atomic E-state index is 13.2. The summed E-state index contributed by atoms with van der Waals surface area (Å²) in [4.78, 5) is 43.8. The van der Waals surface area contributed by atoms with Crippen LogP contribution in [0, 0.1) is 5.41 Å². The van der Waals surface area contributed by atoms with Crippen LogP contribution in [0.15, 0.2) is 36.4 Å². The molecular formula is C28H26ClF5N4O4S.